The lowest BCUT2D eigenvalue weighted by Crippen LogP contribution is -2.37. The molecule has 1 aliphatic heterocycles. The van der Waals surface area contributed by atoms with E-state index >= 15 is 0 Å². The number of imidazole rings is 1. The Morgan fingerprint density at radius 2 is 1.94 bits per heavy atom. The van der Waals surface area contributed by atoms with Crippen LogP contribution in [0.15, 0.2) is 10.8 Å². The molecule has 0 spiro atoms. The number of aromatic nitrogens is 3. The molecule has 3 heterocycles. The number of anilines is 1. The first-order chi connectivity index (χ1) is 8.66. The Balaban J connectivity index is 2.17. The maximum atomic E-state index is 5.39. The number of rotatable bonds is 1. The second-order valence-corrected chi connectivity index (χ2v) is 5.24. The van der Waals surface area contributed by atoms with Crippen LogP contribution in [-0.2, 0) is 4.74 Å². The van der Waals surface area contributed by atoms with Crippen molar-refractivity contribution in [2.24, 2.45) is 0 Å². The van der Waals surface area contributed by atoms with Crippen LogP contribution in [0.4, 0.5) is 5.82 Å². The molecule has 1 saturated heterocycles. The van der Waals surface area contributed by atoms with Gasteiger partial charge in [0.2, 0.25) is 0 Å². The summed E-state index contributed by atoms with van der Waals surface area (Å²) in [6.07, 6.45) is 2.00. The Morgan fingerprint density at radius 1 is 1.22 bits per heavy atom. The molecule has 6 heteroatoms. The van der Waals surface area contributed by atoms with E-state index < -0.39 is 0 Å². The van der Waals surface area contributed by atoms with Crippen LogP contribution in [0.1, 0.15) is 11.4 Å². The van der Waals surface area contributed by atoms with E-state index in [4.69, 9.17) is 4.74 Å². The predicted molar refractivity (Wildman–Crippen MR) is 73.2 cm³/mol. The molecule has 1 fully saturated rings. The quantitative estimate of drug-likeness (QED) is 0.807. The zero-order chi connectivity index (χ0) is 12.7. The third-order valence-corrected chi connectivity index (χ3v) is 4.08. The van der Waals surface area contributed by atoms with Crippen molar-refractivity contribution in [1.29, 1.82) is 0 Å². The Bertz CT molecular complexity index is 589. The fourth-order valence-corrected chi connectivity index (χ4v) is 2.58. The second-order valence-electron chi connectivity index (χ2n) is 4.49. The van der Waals surface area contributed by atoms with Crippen LogP contribution in [0, 0.1) is 13.8 Å². The number of ether oxygens (including phenoxy) is 1. The van der Waals surface area contributed by atoms with Gasteiger partial charge in [0.25, 0.3) is 0 Å². The predicted octanol–water partition coefficient (Wildman–Crippen LogP) is 1.95. The molecule has 1 aliphatic rings. The summed E-state index contributed by atoms with van der Waals surface area (Å²) in [4.78, 5) is 11.5. The summed E-state index contributed by atoms with van der Waals surface area (Å²) in [6.45, 7) is 7.25. The van der Waals surface area contributed by atoms with E-state index in [1.54, 1.807) is 0 Å². The molecule has 5 nitrogen and oxygen atoms in total. The Labute approximate surface area is 114 Å². The maximum absolute atomic E-state index is 5.39. The molecule has 2 aromatic heterocycles. The summed E-state index contributed by atoms with van der Waals surface area (Å²) in [6, 6.07) is 0. The first-order valence-corrected chi connectivity index (χ1v) is 6.80. The van der Waals surface area contributed by atoms with Crippen molar-refractivity contribution >= 4 is 27.4 Å². The van der Waals surface area contributed by atoms with Crippen molar-refractivity contribution in [2.45, 2.75) is 13.8 Å². The average Bonchev–Trinajstić information content (AvgIpc) is 2.66. The van der Waals surface area contributed by atoms with Gasteiger partial charge in [-0.25, -0.2) is 9.97 Å². The van der Waals surface area contributed by atoms with E-state index in [-0.39, 0.29) is 0 Å². The van der Waals surface area contributed by atoms with Gasteiger partial charge < -0.3 is 9.64 Å². The molecule has 0 unspecified atom stereocenters. The van der Waals surface area contributed by atoms with Crippen molar-refractivity contribution < 1.29 is 4.74 Å². The molecule has 0 atom stereocenters. The van der Waals surface area contributed by atoms with Crippen LogP contribution >= 0.6 is 15.9 Å². The van der Waals surface area contributed by atoms with Crippen molar-refractivity contribution in [1.82, 2.24) is 14.4 Å². The zero-order valence-corrected chi connectivity index (χ0v) is 12.1. The van der Waals surface area contributed by atoms with Crippen LogP contribution < -0.4 is 4.90 Å². The molecule has 0 bridgehead atoms. The summed E-state index contributed by atoms with van der Waals surface area (Å²) >= 11 is 3.57. The number of hydrogen-bond acceptors (Lipinski definition) is 4. The lowest BCUT2D eigenvalue weighted by Gasteiger charge is -2.28. The van der Waals surface area contributed by atoms with Crippen LogP contribution in [0.3, 0.4) is 0 Å². The molecule has 0 aliphatic carbocycles. The molecule has 96 valence electrons. The minimum atomic E-state index is 0.753. The number of aryl methyl sites for hydroxylation is 2. The number of morpholine rings is 1. The van der Waals surface area contributed by atoms with E-state index in [1.807, 2.05) is 20.0 Å². The summed E-state index contributed by atoms with van der Waals surface area (Å²) in [5, 5.41) is 0. The summed E-state index contributed by atoms with van der Waals surface area (Å²) in [5.74, 6) is 0.951. The summed E-state index contributed by atoms with van der Waals surface area (Å²) in [5.41, 5.74) is 2.88. The second kappa shape index (κ2) is 4.51. The average molecular weight is 311 g/mol. The van der Waals surface area contributed by atoms with Crippen molar-refractivity contribution in [3.63, 3.8) is 0 Å². The fraction of sp³-hybridized carbons (Fsp3) is 0.500. The lowest BCUT2D eigenvalue weighted by atomic mass is 10.4. The molecule has 0 amide bonds. The Kier molecular flexibility index (Phi) is 2.99. The Hall–Kier alpha value is -1.14. The Morgan fingerprint density at radius 3 is 2.67 bits per heavy atom. The summed E-state index contributed by atoms with van der Waals surface area (Å²) < 4.78 is 8.44. The fourth-order valence-electron chi connectivity index (χ4n) is 2.22. The monoisotopic (exact) mass is 310 g/mol. The number of halogens is 1. The minimum absolute atomic E-state index is 0.753. The first kappa shape index (κ1) is 11.9. The van der Waals surface area contributed by atoms with Gasteiger partial charge in [-0.3, -0.25) is 4.40 Å². The van der Waals surface area contributed by atoms with E-state index in [0.29, 0.717) is 0 Å². The molecular formula is C12H15BrN4O. The van der Waals surface area contributed by atoms with E-state index in [9.17, 15) is 0 Å². The standard InChI is InChI=1S/C12H15BrN4O/c1-8-7-17-10(13)9(2)15-12(17)11(14-8)16-3-5-18-6-4-16/h7H,3-6H2,1-2H3. The van der Waals surface area contributed by atoms with E-state index in [1.165, 1.54) is 0 Å². The van der Waals surface area contributed by atoms with Crippen molar-refractivity contribution in [3.8, 4) is 0 Å². The van der Waals surface area contributed by atoms with Gasteiger partial charge in [0.15, 0.2) is 11.5 Å². The van der Waals surface area contributed by atoms with Crippen LogP contribution in [-0.4, -0.2) is 40.7 Å². The highest BCUT2D eigenvalue weighted by Gasteiger charge is 2.19. The SMILES string of the molecule is Cc1cn2c(Br)c(C)nc2c(N2CCOCC2)n1. The minimum Gasteiger partial charge on any atom is -0.378 e. The van der Waals surface area contributed by atoms with Gasteiger partial charge in [-0.05, 0) is 29.8 Å². The molecule has 18 heavy (non-hydrogen) atoms. The third-order valence-electron chi connectivity index (χ3n) is 3.12. The highest BCUT2D eigenvalue weighted by molar-refractivity contribution is 9.10. The number of hydrogen-bond donors (Lipinski definition) is 0. The number of fused-ring (bicyclic) bond motifs is 1. The maximum Gasteiger partial charge on any atom is 0.181 e. The number of nitrogens with zero attached hydrogens (tertiary/aromatic N) is 4. The van der Waals surface area contributed by atoms with Gasteiger partial charge >= 0.3 is 0 Å². The van der Waals surface area contributed by atoms with Crippen molar-refractivity contribution in [3.05, 3.63) is 22.2 Å². The van der Waals surface area contributed by atoms with Gasteiger partial charge in [0.1, 0.15) is 4.60 Å². The van der Waals surface area contributed by atoms with Gasteiger partial charge in [0.05, 0.1) is 24.6 Å². The molecule has 0 aromatic carbocycles. The van der Waals surface area contributed by atoms with E-state index in [0.717, 1.165) is 53.8 Å². The van der Waals surface area contributed by atoms with Gasteiger partial charge in [-0.1, -0.05) is 0 Å². The molecule has 0 saturated carbocycles. The van der Waals surface area contributed by atoms with Crippen molar-refractivity contribution in [2.75, 3.05) is 31.2 Å². The van der Waals surface area contributed by atoms with Gasteiger partial charge in [-0.2, -0.15) is 0 Å². The van der Waals surface area contributed by atoms with Crippen LogP contribution in [0.2, 0.25) is 0 Å². The van der Waals surface area contributed by atoms with Crippen LogP contribution in [0.5, 0.6) is 0 Å². The summed E-state index contributed by atoms with van der Waals surface area (Å²) in [7, 11) is 0. The van der Waals surface area contributed by atoms with E-state index in [2.05, 4.69) is 35.2 Å². The highest BCUT2D eigenvalue weighted by atomic mass is 79.9. The molecule has 3 rings (SSSR count). The van der Waals surface area contributed by atoms with Gasteiger partial charge in [0, 0.05) is 19.3 Å². The zero-order valence-electron chi connectivity index (χ0n) is 10.5. The molecule has 2 aromatic rings. The molecule has 0 radical (unpaired) electrons. The largest absolute Gasteiger partial charge is 0.378 e. The highest BCUT2D eigenvalue weighted by Crippen LogP contribution is 2.25. The normalized spacial score (nSPS) is 16.5. The molecule has 0 N–H and O–H groups in total. The first-order valence-electron chi connectivity index (χ1n) is 6.01. The topological polar surface area (TPSA) is 42.7 Å². The lowest BCUT2D eigenvalue weighted by molar-refractivity contribution is 0.122. The third kappa shape index (κ3) is 1.89. The van der Waals surface area contributed by atoms with Crippen LogP contribution in [0.25, 0.3) is 5.65 Å². The molecular weight excluding hydrogens is 296 g/mol. The van der Waals surface area contributed by atoms with Gasteiger partial charge in [-0.15, -0.1) is 0 Å². The smallest absolute Gasteiger partial charge is 0.181 e.